The summed E-state index contributed by atoms with van der Waals surface area (Å²) in [5.41, 5.74) is 13.3. The topological polar surface area (TPSA) is 56.7 Å². The third-order valence-electron chi connectivity index (χ3n) is 11.3. The van der Waals surface area contributed by atoms with Gasteiger partial charge >= 0.3 is 0 Å². The molecule has 264 valence electrons. The van der Waals surface area contributed by atoms with Gasteiger partial charge in [0, 0.05) is 33.3 Å². The quantitative estimate of drug-likeness (QED) is 0.167. The standard InChI is InChI=1S/C49H37N5O/c1-28(2)32-11-9-12-33(29(3)4)46(32)38-14-10-13-37-35-22-20-31(26-40(35)49-52-42-16-6-8-18-44(42)54(49)47(37)38)55-30-19-21-34-36-23-24-50-27-45(36)53-43-17-7-5-15-41(43)51-48(53)39(34)25-30/h5-29H,1-4H3. The molecule has 0 saturated carbocycles. The Morgan fingerprint density at radius 1 is 0.491 bits per heavy atom. The second kappa shape index (κ2) is 11.9. The van der Waals surface area contributed by atoms with Gasteiger partial charge in [0.25, 0.3) is 0 Å². The molecule has 0 unspecified atom stereocenters. The van der Waals surface area contributed by atoms with Crippen molar-refractivity contribution in [1.82, 2.24) is 23.8 Å². The molecule has 0 atom stereocenters. The number of hydrogen-bond donors (Lipinski definition) is 0. The van der Waals surface area contributed by atoms with E-state index < -0.39 is 0 Å². The fraction of sp³-hybridized carbons (Fsp3) is 0.122. The molecule has 0 aliphatic rings. The normalized spacial score (nSPS) is 12.3. The molecule has 5 aromatic heterocycles. The van der Waals surface area contributed by atoms with Gasteiger partial charge in [0.1, 0.15) is 22.8 Å². The van der Waals surface area contributed by atoms with Crippen molar-refractivity contribution in [1.29, 1.82) is 0 Å². The minimum absolute atomic E-state index is 0.369. The van der Waals surface area contributed by atoms with Crippen LogP contribution in [0.4, 0.5) is 0 Å². The molecule has 0 spiro atoms. The van der Waals surface area contributed by atoms with E-state index in [1.165, 1.54) is 33.2 Å². The number of imidazole rings is 2. The highest BCUT2D eigenvalue weighted by molar-refractivity contribution is 6.18. The van der Waals surface area contributed by atoms with Crippen LogP contribution in [-0.4, -0.2) is 23.8 Å². The number of ether oxygens (including phenoxy) is 1. The minimum atomic E-state index is 0.369. The van der Waals surface area contributed by atoms with Crippen molar-refractivity contribution in [2.45, 2.75) is 39.5 Å². The summed E-state index contributed by atoms with van der Waals surface area (Å²) in [6, 6.07) is 45.1. The Morgan fingerprint density at radius 2 is 1.07 bits per heavy atom. The Kier molecular flexibility index (Phi) is 6.84. The summed E-state index contributed by atoms with van der Waals surface area (Å²) in [7, 11) is 0. The molecule has 55 heavy (non-hydrogen) atoms. The van der Waals surface area contributed by atoms with E-state index in [0.717, 1.165) is 77.3 Å². The van der Waals surface area contributed by atoms with E-state index >= 15 is 0 Å². The van der Waals surface area contributed by atoms with Crippen LogP contribution < -0.4 is 4.74 Å². The van der Waals surface area contributed by atoms with Crippen molar-refractivity contribution in [2.24, 2.45) is 0 Å². The van der Waals surface area contributed by atoms with Gasteiger partial charge < -0.3 is 4.74 Å². The van der Waals surface area contributed by atoms with Crippen LogP contribution in [-0.2, 0) is 0 Å². The van der Waals surface area contributed by atoms with E-state index in [-0.39, 0.29) is 0 Å². The number of nitrogens with zero attached hydrogens (tertiary/aromatic N) is 5. The van der Waals surface area contributed by atoms with Gasteiger partial charge in [0.05, 0.1) is 39.3 Å². The van der Waals surface area contributed by atoms with Crippen molar-refractivity contribution >= 4 is 76.7 Å². The highest BCUT2D eigenvalue weighted by atomic mass is 16.5. The van der Waals surface area contributed by atoms with Crippen LogP contribution >= 0.6 is 0 Å². The lowest BCUT2D eigenvalue weighted by molar-refractivity contribution is 0.484. The van der Waals surface area contributed by atoms with Crippen LogP contribution in [0.25, 0.3) is 87.8 Å². The molecule has 11 rings (SSSR count). The van der Waals surface area contributed by atoms with Crippen LogP contribution in [0, 0.1) is 0 Å². The monoisotopic (exact) mass is 711 g/mol. The lowest BCUT2D eigenvalue weighted by Gasteiger charge is -2.22. The predicted octanol–water partition coefficient (Wildman–Crippen LogP) is 13.0. The smallest absolute Gasteiger partial charge is 0.146 e. The number of benzene rings is 6. The van der Waals surface area contributed by atoms with Crippen molar-refractivity contribution in [3.05, 3.63) is 151 Å². The summed E-state index contributed by atoms with van der Waals surface area (Å²) in [5.74, 6) is 2.23. The number of pyridine rings is 3. The van der Waals surface area contributed by atoms with Gasteiger partial charge in [-0.1, -0.05) is 88.4 Å². The largest absolute Gasteiger partial charge is 0.457 e. The molecule has 6 heteroatoms. The van der Waals surface area contributed by atoms with Gasteiger partial charge in [-0.2, -0.15) is 0 Å². The molecule has 0 amide bonds. The average molecular weight is 712 g/mol. The highest BCUT2D eigenvalue weighted by Gasteiger charge is 2.22. The van der Waals surface area contributed by atoms with E-state index in [1.807, 2.05) is 18.5 Å². The Morgan fingerprint density at radius 3 is 1.73 bits per heavy atom. The average Bonchev–Trinajstić information content (AvgIpc) is 3.80. The first kappa shape index (κ1) is 31.7. The summed E-state index contributed by atoms with van der Waals surface area (Å²) < 4.78 is 11.3. The maximum atomic E-state index is 6.76. The summed E-state index contributed by atoms with van der Waals surface area (Å²) in [6.07, 6.45) is 3.78. The van der Waals surface area contributed by atoms with Gasteiger partial charge in [-0.3, -0.25) is 13.8 Å². The van der Waals surface area contributed by atoms with Gasteiger partial charge in [-0.05, 0) is 106 Å². The molecular weight excluding hydrogens is 675 g/mol. The Hall–Kier alpha value is -6.79. The number of hydrogen-bond acceptors (Lipinski definition) is 4. The van der Waals surface area contributed by atoms with Gasteiger partial charge in [-0.25, -0.2) is 9.97 Å². The fourth-order valence-electron chi connectivity index (χ4n) is 8.89. The maximum Gasteiger partial charge on any atom is 0.146 e. The van der Waals surface area contributed by atoms with E-state index in [4.69, 9.17) is 14.7 Å². The fourth-order valence-corrected chi connectivity index (χ4v) is 8.89. The Bertz CT molecular complexity index is 3340. The molecule has 0 radical (unpaired) electrons. The number of fused-ring (bicyclic) bond motifs is 16. The molecule has 0 bridgehead atoms. The third kappa shape index (κ3) is 4.64. The molecule has 6 nitrogen and oxygen atoms in total. The van der Waals surface area contributed by atoms with Crippen molar-refractivity contribution in [3.8, 4) is 22.6 Å². The van der Waals surface area contributed by atoms with E-state index in [1.54, 1.807) is 0 Å². The summed E-state index contributed by atoms with van der Waals surface area (Å²) >= 11 is 0. The third-order valence-corrected chi connectivity index (χ3v) is 11.3. The molecule has 11 aromatic rings. The second-order valence-corrected chi connectivity index (χ2v) is 15.3. The van der Waals surface area contributed by atoms with Crippen LogP contribution in [0.1, 0.15) is 50.7 Å². The molecule has 0 N–H and O–H groups in total. The zero-order valence-electron chi connectivity index (χ0n) is 31.1. The van der Waals surface area contributed by atoms with Gasteiger partial charge in [-0.15, -0.1) is 0 Å². The zero-order valence-corrected chi connectivity index (χ0v) is 31.1. The lowest BCUT2D eigenvalue weighted by atomic mass is 9.84. The molecule has 0 fully saturated rings. The molecule has 0 aliphatic carbocycles. The summed E-state index contributed by atoms with van der Waals surface area (Å²) in [4.78, 5) is 14.9. The summed E-state index contributed by atoms with van der Waals surface area (Å²) in [6.45, 7) is 9.18. The molecule has 0 saturated heterocycles. The van der Waals surface area contributed by atoms with E-state index in [0.29, 0.717) is 11.8 Å². The van der Waals surface area contributed by atoms with Gasteiger partial charge in [0.2, 0.25) is 0 Å². The Labute approximate surface area is 317 Å². The van der Waals surface area contributed by atoms with Crippen molar-refractivity contribution in [3.63, 3.8) is 0 Å². The van der Waals surface area contributed by atoms with Crippen molar-refractivity contribution < 1.29 is 4.74 Å². The van der Waals surface area contributed by atoms with Crippen LogP contribution in [0.2, 0.25) is 0 Å². The zero-order chi connectivity index (χ0) is 36.9. The number of aromatic nitrogens is 5. The first-order chi connectivity index (χ1) is 26.9. The summed E-state index contributed by atoms with van der Waals surface area (Å²) in [5, 5.41) is 6.62. The first-order valence-corrected chi connectivity index (χ1v) is 19.1. The number of para-hydroxylation sites is 5. The minimum Gasteiger partial charge on any atom is -0.457 e. The predicted molar refractivity (Wildman–Crippen MR) is 227 cm³/mol. The molecule has 0 aliphatic heterocycles. The maximum absolute atomic E-state index is 6.76. The van der Waals surface area contributed by atoms with Crippen LogP contribution in [0.3, 0.4) is 0 Å². The molecule has 6 aromatic carbocycles. The second-order valence-electron chi connectivity index (χ2n) is 15.3. The highest BCUT2D eigenvalue weighted by Crippen LogP contribution is 2.44. The van der Waals surface area contributed by atoms with Crippen molar-refractivity contribution in [2.75, 3.05) is 0 Å². The van der Waals surface area contributed by atoms with Crippen LogP contribution in [0.5, 0.6) is 11.5 Å². The Balaban J connectivity index is 1.14. The number of rotatable bonds is 5. The van der Waals surface area contributed by atoms with Crippen LogP contribution in [0.15, 0.2) is 140 Å². The first-order valence-electron chi connectivity index (χ1n) is 19.1. The van der Waals surface area contributed by atoms with E-state index in [2.05, 4.69) is 163 Å². The van der Waals surface area contributed by atoms with Gasteiger partial charge in [0.15, 0.2) is 0 Å². The van der Waals surface area contributed by atoms with E-state index in [9.17, 15) is 0 Å². The molecular formula is C49H37N5O. The molecule has 5 heterocycles. The SMILES string of the molecule is CC(C)c1cccc(C(C)C)c1-c1cccc2c3ccc(Oc4ccc5c6ccncc6n6c7ccccc7nc6c5c4)cc3c3nc4ccccc4n3c12. The lowest BCUT2D eigenvalue weighted by Crippen LogP contribution is -2.02.